The van der Waals surface area contributed by atoms with E-state index in [1.165, 1.54) is 0 Å². The molecule has 6 nitrogen and oxygen atoms in total. The highest BCUT2D eigenvalue weighted by Crippen LogP contribution is 2.40. The molecule has 0 N–H and O–H groups in total. The zero-order valence-corrected chi connectivity index (χ0v) is 20.5. The average Bonchev–Trinajstić information content (AvgIpc) is 3.52. The van der Waals surface area contributed by atoms with Crippen LogP contribution in [0.25, 0.3) is 22.0 Å². The number of halogens is 1. The molecule has 2 heterocycles. The van der Waals surface area contributed by atoms with Gasteiger partial charge < -0.3 is 14.0 Å². The fraction of sp³-hybridized carbons (Fsp3) is 0.100. The molecule has 0 atom stereocenters. The van der Waals surface area contributed by atoms with Gasteiger partial charge in [0.25, 0.3) is 0 Å². The summed E-state index contributed by atoms with van der Waals surface area (Å²) in [5.41, 5.74) is 4.57. The zero-order chi connectivity index (χ0) is 25.2. The lowest BCUT2D eigenvalue weighted by Gasteiger charge is -2.13. The topological polar surface area (TPSA) is 58.9 Å². The Balaban J connectivity index is 1.44. The molecule has 7 heteroatoms. The van der Waals surface area contributed by atoms with Crippen LogP contribution in [-0.2, 0) is 22.9 Å². The molecule has 0 spiro atoms. The number of hydrogen-bond acceptors (Lipinski definition) is 5. The third-order valence-corrected chi connectivity index (χ3v) is 6.65. The Hall–Kier alpha value is -4.26. The van der Waals surface area contributed by atoms with Gasteiger partial charge in [0.15, 0.2) is 11.5 Å². The number of rotatable bonds is 7. The molecular weight excluding hydrogens is 490 g/mol. The Morgan fingerprint density at radius 1 is 0.865 bits per heavy atom. The summed E-state index contributed by atoms with van der Waals surface area (Å²) < 4.78 is 12.9. The van der Waals surface area contributed by atoms with Crippen molar-refractivity contribution in [1.29, 1.82) is 0 Å². The van der Waals surface area contributed by atoms with Gasteiger partial charge in [-0.15, -0.1) is 0 Å². The first-order chi connectivity index (χ1) is 18.2. The highest BCUT2D eigenvalue weighted by Gasteiger charge is 2.27. The van der Waals surface area contributed by atoms with Crippen molar-refractivity contribution in [3.8, 4) is 22.6 Å². The Morgan fingerprint density at radius 3 is 2.32 bits per heavy atom. The lowest BCUT2D eigenvalue weighted by Crippen LogP contribution is -2.15. The molecule has 1 aliphatic rings. The van der Waals surface area contributed by atoms with E-state index in [2.05, 4.69) is 0 Å². The normalized spacial score (nSPS) is 12.1. The molecule has 0 saturated heterocycles. The van der Waals surface area contributed by atoms with Crippen molar-refractivity contribution in [2.24, 2.45) is 0 Å². The van der Waals surface area contributed by atoms with E-state index in [-0.39, 0.29) is 13.4 Å². The maximum Gasteiger partial charge on any atom is 0.390 e. The molecule has 0 aliphatic carbocycles. The minimum absolute atomic E-state index is 0.140. The number of hydrogen-bond donors (Lipinski definition) is 0. The van der Waals surface area contributed by atoms with Crippen molar-refractivity contribution in [3.05, 3.63) is 119 Å². The molecule has 1 aromatic heterocycles. The lowest BCUT2D eigenvalue weighted by atomic mass is 10.0. The van der Waals surface area contributed by atoms with Gasteiger partial charge in [-0.05, 0) is 28.8 Å². The van der Waals surface area contributed by atoms with E-state index in [1.54, 1.807) is 6.07 Å². The number of aromatic nitrogens is 1. The van der Waals surface area contributed by atoms with Crippen LogP contribution in [0.4, 0.5) is 0 Å². The summed E-state index contributed by atoms with van der Waals surface area (Å²) in [6, 6.07) is 30.8. The number of benzene rings is 4. The van der Waals surface area contributed by atoms with Gasteiger partial charge in [-0.2, -0.15) is 4.89 Å². The van der Waals surface area contributed by atoms with Crippen molar-refractivity contribution in [1.82, 2.24) is 4.57 Å². The van der Waals surface area contributed by atoms with Crippen LogP contribution in [0, 0.1) is 0 Å². The molecule has 6 rings (SSSR count). The number of para-hydroxylation sites is 1. The number of fused-ring (bicyclic) bond motifs is 2. The quantitative estimate of drug-likeness (QED) is 0.173. The molecule has 0 bridgehead atoms. The second-order valence-electron chi connectivity index (χ2n) is 8.61. The van der Waals surface area contributed by atoms with Crippen LogP contribution in [0.1, 0.15) is 21.6 Å². The molecule has 0 amide bonds. The van der Waals surface area contributed by atoms with Gasteiger partial charge in [0, 0.05) is 27.6 Å². The fourth-order valence-electron chi connectivity index (χ4n) is 4.59. The van der Waals surface area contributed by atoms with Crippen molar-refractivity contribution in [3.63, 3.8) is 0 Å². The van der Waals surface area contributed by atoms with E-state index < -0.39 is 5.97 Å². The first-order valence-electron chi connectivity index (χ1n) is 11.8. The second-order valence-corrected chi connectivity index (χ2v) is 9.02. The molecular formula is C30H22ClNO5. The predicted octanol–water partition coefficient (Wildman–Crippen LogP) is 7.03. The summed E-state index contributed by atoms with van der Waals surface area (Å²) in [4.78, 5) is 24.4. The molecule has 5 aromatic rings. The Kier molecular flexibility index (Phi) is 6.26. The largest absolute Gasteiger partial charge is 0.454 e. The molecule has 1 aliphatic heterocycles. The van der Waals surface area contributed by atoms with Crippen molar-refractivity contribution in [2.75, 3.05) is 6.79 Å². The van der Waals surface area contributed by atoms with Crippen LogP contribution in [-0.4, -0.2) is 17.3 Å². The van der Waals surface area contributed by atoms with Gasteiger partial charge in [0.05, 0.1) is 6.54 Å². The van der Waals surface area contributed by atoms with E-state index in [0.29, 0.717) is 28.8 Å². The zero-order valence-electron chi connectivity index (χ0n) is 19.7. The van der Waals surface area contributed by atoms with Crippen molar-refractivity contribution in [2.45, 2.75) is 13.2 Å². The van der Waals surface area contributed by atoms with E-state index in [1.807, 2.05) is 95.6 Å². The fourth-order valence-corrected chi connectivity index (χ4v) is 4.81. The monoisotopic (exact) mass is 511 g/mol. The van der Waals surface area contributed by atoms with Crippen LogP contribution >= 0.6 is 11.6 Å². The third kappa shape index (κ3) is 4.53. The molecule has 0 radical (unpaired) electrons. The summed E-state index contributed by atoms with van der Waals surface area (Å²) in [5, 5.41) is 1.43. The summed E-state index contributed by atoms with van der Waals surface area (Å²) in [6.07, 6.45) is 0. The smallest absolute Gasteiger partial charge is 0.390 e. The number of ether oxygens (including phenoxy) is 2. The maximum absolute atomic E-state index is 13.6. The van der Waals surface area contributed by atoms with Gasteiger partial charge >= 0.3 is 5.97 Å². The predicted molar refractivity (Wildman–Crippen MR) is 141 cm³/mol. The minimum Gasteiger partial charge on any atom is -0.454 e. The molecule has 0 fully saturated rings. The van der Waals surface area contributed by atoms with Crippen LogP contribution < -0.4 is 9.47 Å². The van der Waals surface area contributed by atoms with Crippen molar-refractivity contribution >= 4 is 28.5 Å². The van der Waals surface area contributed by atoms with Gasteiger partial charge in [-0.3, -0.25) is 4.89 Å². The summed E-state index contributed by atoms with van der Waals surface area (Å²) in [5.74, 6) is 0.627. The molecule has 4 aromatic carbocycles. The van der Waals surface area contributed by atoms with E-state index >= 15 is 0 Å². The first-order valence-corrected chi connectivity index (χ1v) is 12.2. The minimum atomic E-state index is -0.595. The summed E-state index contributed by atoms with van der Waals surface area (Å²) >= 11 is 6.63. The Morgan fingerprint density at radius 2 is 1.54 bits per heavy atom. The number of carbonyl (C=O) groups excluding carboxylic acids is 1. The Bertz CT molecular complexity index is 1580. The van der Waals surface area contributed by atoms with Crippen LogP contribution in [0.2, 0.25) is 5.02 Å². The SMILES string of the molecule is O=C(OOCc1ccccc1)c1c(-c2ccccc2)c2ccccc2n1Cc1cc2c(cc1Cl)OCO2. The molecule has 0 saturated carbocycles. The van der Waals surface area contributed by atoms with Gasteiger partial charge in [-0.25, -0.2) is 4.79 Å². The van der Waals surface area contributed by atoms with Gasteiger partial charge in [0.1, 0.15) is 12.3 Å². The maximum atomic E-state index is 13.6. The third-order valence-electron chi connectivity index (χ3n) is 6.30. The van der Waals surface area contributed by atoms with Crippen LogP contribution in [0.5, 0.6) is 11.5 Å². The highest BCUT2D eigenvalue weighted by molar-refractivity contribution is 6.31. The van der Waals surface area contributed by atoms with E-state index in [9.17, 15) is 4.79 Å². The second kappa shape index (κ2) is 10.0. The van der Waals surface area contributed by atoms with Gasteiger partial charge in [-0.1, -0.05) is 90.5 Å². The lowest BCUT2D eigenvalue weighted by molar-refractivity contribution is -0.251. The standard InChI is InChI=1S/C30H22ClNO5/c31-24-16-27-26(34-19-35-27)15-22(24)17-32-25-14-8-7-13-23(25)28(21-11-5-2-6-12-21)29(32)30(33)37-36-18-20-9-3-1-4-10-20/h1-16H,17-19H2. The first kappa shape index (κ1) is 23.2. The average molecular weight is 512 g/mol. The molecule has 0 unspecified atom stereocenters. The Labute approximate surface area is 218 Å². The van der Waals surface area contributed by atoms with E-state index in [0.717, 1.165) is 33.2 Å². The molecule has 184 valence electrons. The van der Waals surface area contributed by atoms with Crippen LogP contribution in [0.3, 0.4) is 0 Å². The number of carbonyl (C=O) groups is 1. The number of nitrogens with zero attached hydrogens (tertiary/aromatic N) is 1. The summed E-state index contributed by atoms with van der Waals surface area (Å²) in [7, 11) is 0. The van der Waals surface area contributed by atoms with Crippen LogP contribution in [0.15, 0.2) is 97.1 Å². The molecule has 37 heavy (non-hydrogen) atoms. The van der Waals surface area contributed by atoms with E-state index in [4.69, 9.17) is 30.8 Å². The van der Waals surface area contributed by atoms with Gasteiger partial charge in [0.2, 0.25) is 6.79 Å². The highest BCUT2D eigenvalue weighted by atomic mass is 35.5. The summed E-state index contributed by atoms with van der Waals surface area (Å²) in [6.45, 7) is 0.601. The van der Waals surface area contributed by atoms with Crippen molar-refractivity contribution < 1.29 is 24.0 Å².